The van der Waals surface area contributed by atoms with Crippen LogP contribution in [0.25, 0.3) is 16.7 Å². The Morgan fingerprint density at radius 3 is 2.71 bits per heavy atom. The fourth-order valence-corrected chi connectivity index (χ4v) is 4.18. The standard InChI is InChI=1S/C23H30F2N8O/c1-6-15-9-20(30-22(29-15)23(5,24)25)33-18-10-19(28-14(4)34)26-11-17(18)21(31-33)32-8-7-16(12-32)27-13(2)3/h9-11,13,16,27H,6-8,12H2,1-5H3,(H,26,28,34). The van der Waals surface area contributed by atoms with E-state index >= 15 is 0 Å². The maximum absolute atomic E-state index is 14.2. The molecular weight excluding hydrogens is 442 g/mol. The molecule has 0 aromatic carbocycles. The van der Waals surface area contributed by atoms with Crippen LogP contribution in [-0.4, -0.2) is 55.8 Å². The Balaban J connectivity index is 1.85. The number of rotatable bonds is 7. The number of anilines is 2. The van der Waals surface area contributed by atoms with E-state index in [1.54, 1.807) is 18.3 Å². The van der Waals surface area contributed by atoms with Gasteiger partial charge in [-0.25, -0.2) is 19.6 Å². The molecule has 0 spiro atoms. The number of nitrogens with one attached hydrogen (secondary N) is 2. The monoisotopic (exact) mass is 472 g/mol. The molecule has 1 unspecified atom stereocenters. The summed E-state index contributed by atoms with van der Waals surface area (Å²) in [5.41, 5.74) is 1.10. The van der Waals surface area contributed by atoms with Gasteiger partial charge in [0.15, 0.2) is 11.6 Å². The van der Waals surface area contributed by atoms with E-state index in [2.05, 4.69) is 44.3 Å². The van der Waals surface area contributed by atoms with Crippen LogP contribution in [0, 0.1) is 0 Å². The number of aryl methyl sites for hydroxylation is 1. The van der Waals surface area contributed by atoms with Crippen LogP contribution < -0.4 is 15.5 Å². The molecule has 9 nitrogen and oxygen atoms in total. The summed E-state index contributed by atoms with van der Waals surface area (Å²) in [5.74, 6) is -2.71. The van der Waals surface area contributed by atoms with E-state index in [0.717, 1.165) is 31.8 Å². The fraction of sp³-hybridized carbons (Fsp3) is 0.522. The molecule has 11 heteroatoms. The third-order valence-electron chi connectivity index (χ3n) is 5.64. The van der Waals surface area contributed by atoms with Crippen molar-refractivity contribution < 1.29 is 13.6 Å². The van der Waals surface area contributed by atoms with Crippen LogP contribution in [0.2, 0.25) is 0 Å². The minimum absolute atomic E-state index is 0.246. The molecule has 4 rings (SSSR count). The predicted octanol–water partition coefficient (Wildman–Crippen LogP) is 3.42. The number of fused-ring (bicyclic) bond motifs is 1. The summed E-state index contributed by atoms with van der Waals surface area (Å²) in [4.78, 5) is 26.3. The molecule has 1 atom stereocenters. The van der Waals surface area contributed by atoms with Crippen LogP contribution in [0.5, 0.6) is 0 Å². The molecule has 0 bridgehead atoms. The van der Waals surface area contributed by atoms with Crippen molar-refractivity contribution in [3.05, 3.63) is 29.8 Å². The molecule has 1 saturated heterocycles. The minimum Gasteiger partial charge on any atom is -0.353 e. The van der Waals surface area contributed by atoms with Gasteiger partial charge in [-0.05, 0) is 12.8 Å². The van der Waals surface area contributed by atoms with Gasteiger partial charge in [-0.15, -0.1) is 5.10 Å². The maximum Gasteiger partial charge on any atom is 0.303 e. The molecular formula is C23H30F2N8O. The fourth-order valence-electron chi connectivity index (χ4n) is 4.18. The summed E-state index contributed by atoms with van der Waals surface area (Å²) in [6.45, 7) is 9.81. The van der Waals surface area contributed by atoms with Crippen molar-refractivity contribution >= 4 is 28.4 Å². The SMILES string of the molecule is CCc1cc(-n2nc(N3CCC(NC(C)C)C3)c3cnc(NC(C)=O)cc32)nc(C(C)(F)F)n1. The molecule has 1 aliphatic rings. The lowest BCUT2D eigenvalue weighted by Gasteiger charge is -2.18. The first kappa shape index (κ1) is 23.9. The zero-order valence-corrected chi connectivity index (χ0v) is 20.1. The third-order valence-corrected chi connectivity index (χ3v) is 5.64. The first-order valence-corrected chi connectivity index (χ1v) is 11.5. The van der Waals surface area contributed by atoms with E-state index in [1.807, 2.05) is 6.92 Å². The van der Waals surface area contributed by atoms with Crippen molar-refractivity contribution in [2.45, 2.75) is 65.5 Å². The molecule has 182 valence electrons. The highest BCUT2D eigenvalue weighted by atomic mass is 19.3. The number of pyridine rings is 1. The van der Waals surface area contributed by atoms with Gasteiger partial charge in [0.1, 0.15) is 5.82 Å². The average molecular weight is 473 g/mol. The van der Waals surface area contributed by atoms with Crippen molar-refractivity contribution in [3.8, 4) is 5.82 Å². The van der Waals surface area contributed by atoms with Crippen LogP contribution in [0.4, 0.5) is 20.4 Å². The second-order valence-corrected chi connectivity index (χ2v) is 9.04. The Bertz CT molecular complexity index is 1200. The van der Waals surface area contributed by atoms with Gasteiger partial charge in [0, 0.05) is 63.0 Å². The molecule has 34 heavy (non-hydrogen) atoms. The Labute approximate surface area is 197 Å². The van der Waals surface area contributed by atoms with Crippen LogP contribution in [0.15, 0.2) is 18.3 Å². The van der Waals surface area contributed by atoms with Gasteiger partial charge >= 0.3 is 5.92 Å². The number of carbonyl (C=O) groups excluding carboxylic acids is 1. The first-order valence-electron chi connectivity index (χ1n) is 11.5. The largest absolute Gasteiger partial charge is 0.353 e. The van der Waals surface area contributed by atoms with Gasteiger partial charge in [-0.3, -0.25) is 4.79 Å². The van der Waals surface area contributed by atoms with Crippen molar-refractivity contribution in [2.24, 2.45) is 0 Å². The van der Waals surface area contributed by atoms with Crippen molar-refractivity contribution in [1.29, 1.82) is 0 Å². The molecule has 3 aromatic heterocycles. The zero-order valence-electron chi connectivity index (χ0n) is 20.1. The summed E-state index contributed by atoms with van der Waals surface area (Å²) in [7, 11) is 0. The van der Waals surface area contributed by atoms with Crippen LogP contribution in [-0.2, 0) is 17.1 Å². The summed E-state index contributed by atoms with van der Waals surface area (Å²) in [6.07, 6.45) is 3.08. The molecule has 0 saturated carbocycles. The summed E-state index contributed by atoms with van der Waals surface area (Å²) in [6, 6.07) is 4.04. The molecule has 1 amide bonds. The number of alkyl halides is 2. The molecule has 2 N–H and O–H groups in total. The second kappa shape index (κ2) is 9.21. The lowest BCUT2D eigenvalue weighted by atomic mass is 10.2. The van der Waals surface area contributed by atoms with Gasteiger partial charge in [0.2, 0.25) is 11.7 Å². The Hall–Kier alpha value is -3.21. The quantitative estimate of drug-likeness (QED) is 0.543. The number of hydrogen-bond donors (Lipinski definition) is 2. The number of nitrogens with zero attached hydrogens (tertiary/aromatic N) is 6. The van der Waals surface area contributed by atoms with E-state index < -0.39 is 11.7 Å². The van der Waals surface area contributed by atoms with Gasteiger partial charge in [0.25, 0.3) is 0 Å². The lowest BCUT2D eigenvalue weighted by molar-refractivity contribution is -0.114. The summed E-state index contributed by atoms with van der Waals surface area (Å²) in [5, 5.41) is 11.8. The van der Waals surface area contributed by atoms with Gasteiger partial charge < -0.3 is 15.5 Å². The van der Waals surface area contributed by atoms with Crippen LogP contribution >= 0.6 is 0 Å². The molecule has 1 aliphatic heterocycles. The topological polar surface area (TPSA) is 101 Å². The predicted molar refractivity (Wildman–Crippen MR) is 127 cm³/mol. The Kier molecular flexibility index (Phi) is 6.48. The van der Waals surface area contributed by atoms with E-state index in [-0.39, 0.29) is 11.7 Å². The molecule has 1 fully saturated rings. The van der Waals surface area contributed by atoms with Gasteiger partial charge in [0.05, 0.1) is 10.9 Å². The maximum atomic E-state index is 14.2. The first-order chi connectivity index (χ1) is 16.0. The summed E-state index contributed by atoms with van der Waals surface area (Å²) >= 11 is 0. The van der Waals surface area contributed by atoms with E-state index in [4.69, 9.17) is 5.10 Å². The number of halogens is 2. The number of aromatic nitrogens is 5. The molecule has 0 radical (unpaired) electrons. The molecule has 3 aromatic rings. The van der Waals surface area contributed by atoms with Gasteiger partial charge in [-0.2, -0.15) is 8.78 Å². The zero-order chi connectivity index (χ0) is 24.6. The highest BCUT2D eigenvalue weighted by molar-refractivity contribution is 5.95. The second-order valence-electron chi connectivity index (χ2n) is 9.04. The lowest BCUT2D eigenvalue weighted by Crippen LogP contribution is -2.37. The normalized spacial score (nSPS) is 16.6. The summed E-state index contributed by atoms with van der Waals surface area (Å²) < 4.78 is 29.9. The Morgan fingerprint density at radius 2 is 2.06 bits per heavy atom. The average Bonchev–Trinajstić information content (AvgIpc) is 3.36. The van der Waals surface area contributed by atoms with E-state index in [0.29, 0.717) is 41.4 Å². The number of hydrogen-bond acceptors (Lipinski definition) is 7. The van der Waals surface area contributed by atoms with Crippen LogP contribution in [0.1, 0.15) is 52.6 Å². The number of amides is 1. The highest BCUT2D eigenvalue weighted by Crippen LogP contribution is 2.32. The van der Waals surface area contributed by atoms with E-state index in [1.165, 1.54) is 11.6 Å². The molecule has 4 heterocycles. The highest BCUT2D eigenvalue weighted by Gasteiger charge is 2.31. The molecule has 0 aliphatic carbocycles. The van der Waals surface area contributed by atoms with Gasteiger partial charge in [-0.1, -0.05) is 20.8 Å². The van der Waals surface area contributed by atoms with Crippen molar-refractivity contribution in [3.63, 3.8) is 0 Å². The number of carbonyl (C=O) groups is 1. The van der Waals surface area contributed by atoms with E-state index in [9.17, 15) is 13.6 Å². The minimum atomic E-state index is -3.20. The Morgan fingerprint density at radius 1 is 1.29 bits per heavy atom. The van der Waals surface area contributed by atoms with Crippen molar-refractivity contribution in [1.82, 2.24) is 30.0 Å². The third kappa shape index (κ3) is 4.98. The van der Waals surface area contributed by atoms with Crippen molar-refractivity contribution in [2.75, 3.05) is 23.3 Å². The smallest absolute Gasteiger partial charge is 0.303 e. The van der Waals surface area contributed by atoms with Crippen LogP contribution in [0.3, 0.4) is 0 Å².